The van der Waals surface area contributed by atoms with E-state index in [1.807, 2.05) is 3.88 Å². The van der Waals surface area contributed by atoms with E-state index in [1.54, 1.807) is 26.2 Å². The summed E-state index contributed by atoms with van der Waals surface area (Å²) in [5.41, 5.74) is 5.07. The average Bonchev–Trinajstić information content (AvgIpc) is 2.93. The van der Waals surface area contributed by atoms with Crippen LogP contribution in [0.15, 0.2) is 20.6 Å². The fraction of sp³-hybridized carbons (Fsp3) is 0.733. The maximum Gasteiger partial charge on any atom is -1.00 e. The summed E-state index contributed by atoms with van der Waals surface area (Å²) < 4.78 is 4.94. The van der Waals surface area contributed by atoms with Crippen LogP contribution in [-0.4, -0.2) is 11.1 Å². The van der Waals surface area contributed by atoms with E-state index < -0.39 is 17.9 Å². The summed E-state index contributed by atoms with van der Waals surface area (Å²) in [6, 6.07) is 0. The molecule has 109 valence electrons. The first-order chi connectivity index (χ1) is 7.67. The molecule has 4 heteroatoms. The van der Waals surface area contributed by atoms with Crippen molar-refractivity contribution in [1.82, 2.24) is 5.32 Å². The molecule has 0 saturated carbocycles. The SMILES string of the molecule is CC1=C(C)C(C)(NC(C)(C)C)[C]([Ti+2]2[CH2][CH2]2)=C1C.[Cl-].[Cl-]. The molecule has 2 aliphatic rings. The van der Waals surface area contributed by atoms with Gasteiger partial charge in [0.1, 0.15) is 0 Å². The van der Waals surface area contributed by atoms with Crippen molar-refractivity contribution in [3.05, 3.63) is 20.6 Å². The molecule has 0 amide bonds. The minimum Gasteiger partial charge on any atom is -1.00 e. The van der Waals surface area contributed by atoms with E-state index in [0.29, 0.717) is 0 Å². The minimum absolute atomic E-state index is 0. The fourth-order valence-electron chi connectivity index (χ4n) is 3.24. The van der Waals surface area contributed by atoms with E-state index in [0.717, 1.165) is 0 Å². The van der Waals surface area contributed by atoms with Gasteiger partial charge in [-0.1, -0.05) is 0 Å². The van der Waals surface area contributed by atoms with Crippen molar-refractivity contribution in [3.8, 4) is 0 Å². The molecule has 1 atom stereocenters. The maximum absolute atomic E-state index is 3.90. The first kappa shape index (κ1) is 19.7. The van der Waals surface area contributed by atoms with Gasteiger partial charge >= 0.3 is 113 Å². The van der Waals surface area contributed by atoms with Crippen molar-refractivity contribution >= 4 is 0 Å². The third-order valence-electron chi connectivity index (χ3n) is 4.23. The second-order valence-electron chi connectivity index (χ2n) is 6.85. The molecule has 1 aliphatic carbocycles. The van der Waals surface area contributed by atoms with Crippen molar-refractivity contribution in [2.24, 2.45) is 0 Å². The molecule has 0 bridgehead atoms. The second kappa shape index (κ2) is 6.24. The van der Waals surface area contributed by atoms with E-state index >= 15 is 0 Å². The minimum atomic E-state index is -0.823. The smallest absolute Gasteiger partial charge is 1.00 e. The number of hydrogen-bond acceptors (Lipinski definition) is 1. The Labute approximate surface area is 137 Å². The Kier molecular flexibility index (Phi) is 6.48. The van der Waals surface area contributed by atoms with Crippen LogP contribution >= 0.6 is 0 Å². The van der Waals surface area contributed by atoms with Gasteiger partial charge in [-0.3, -0.25) is 0 Å². The number of halogens is 2. The second-order valence-corrected chi connectivity index (χ2v) is 11.1. The Balaban J connectivity index is 0.00000162. The van der Waals surface area contributed by atoms with Gasteiger partial charge in [-0.25, -0.2) is 0 Å². The topological polar surface area (TPSA) is 12.0 Å². The molecule has 0 aromatic heterocycles. The van der Waals surface area contributed by atoms with Crippen LogP contribution in [-0.2, 0) is 17.9 Å². The fourth-order valence-corrected chi connectivity index (χ4v) is 7.64. The molecular weight excluding hydrogens is 313 g/mol. The molecule has 1 fully saturated rings. The Bertz CT molecular complexity index is 416. The zero-order valence-corrected chi connectivity index (χ0v) is 16.2. The molecule has 2 rings (SSSR count). The van der Waals surface area contributed by atoms with Crippen LogP contribution in [0.2, 0.25) is 9.45 Å². The van der Waals surface area contributed by atoms with Crippen molar-refractivity contribution in [2.75, 3.05) is 0 Å². The Morgan fingerprint density at radius 2 is 1.47 bits per heavy atom. The number of allylic oxidation sites excluding steroid dienone is 2. The first-order valence-electron chi connectivity index (χ1n) is 6.71. The number of rotatable bonds is 2. The molecule has 0 radical (unpaired) electrons. The van der Waals surface area contributed by atoms with Gasteiger partial charge in [-0.05, 0) is 0 Å². The third kappa shape index (κ3) is 3.68. The van der Waals surface area contributed by atoms with Gasteiger partial charge in [0, 0.05) is 0 Å². The van der Waals surface area contributed by atoms with Crippen molar-refractivity contribution in [2.45, 2.75) is 69.0 Å². The molecule has 1 heterocycles. The average molecular weight is 339 g/mol. The molecule has 1 nitrogen and oxygen atoms in total. The molecule has 1 saturated heterocycles. The Morgan fingerprint density at radius 1 is 1.00 bits per heavy atom. The third-order valence-corrected chi connectivity index (χ3v) is 8.26. The van der Waals surface area contributed by atoms with Gasteiger partial charge in [0.25, 0.3) is 0 Å². The maximum atomic E-state index is 3.90. The molecule has 0 aromatic rings. The van der Waals surface area contributed by atoms with Crippen LogP contribution in [0, 0.1) is 0 Å². The van der Waals surface area contributed by atoms with Crippen LogP contribution < -0.4 is 30.1 Å². The summed E-state index contributed by atoms with van der Waals surface area (Å²) in [5, 5.41) is 3.90. The van der Waals surface area contributed by atoms with Gasteiger partial charge in [0.2, 0.25) is 0 Å². The van der Waals surface area contributed by atoms with E-state index in [9.17, 15) is 0 Å². The Hall–Kier alpha value is 0.734. The van der Waals surface area contributed by atoms with E-state index in [-0.39, 0.29) is 35.9 Å². The van der Waals surface area contributed by atoms with Gasteiger partial charge in [-0.2, -0.15) is 0 Å². The van der Waals surface area contributed by atoms with Crippen LogP contribution in [0.5, 0.6) is 0 Å². The van der Waals surface area contributed by atoms with Gasteiger partial charge in [-0.15, -0.1) is 0 Å². The monoisotopic (exact) mass is 338 g/mol. The van der Waals surface area contributed by atoms with Crippen molar-refractivity contribution < 1.29 is 42.7 Å². The zero-order valence-electron chi connectivity index (χ0n) is 13.2. The van der Waals surface area contributed by atoms with Gasteiger partial charge < -0.3 is 24.8 Å². The van der Waals surface area contributed by atoms with Crippen LogP contribution in [0.1, 0.15) is 48.5 Å². The normalized spacial score (nSPS) is 26.4. The van der Waals surface area contributed by atoms with E-state index in [2.05, 4.69) is 53.8 Å². The van der Waals surface area contributed by atoms with E-state index in [4.69, 9.17) is 0 Å². The summed E-state index contributed by atoms with van der Waals surface area (Å²) in [6.07, 6.45) is 0. The largest absolute Gasteiger partial charge is 1.00 e. The van der Waals surface area contributed by atoms with Crippen LogP contribution in [0.25, 0.3) is 0 Å². The predicted molar refractivity (Wildman–Crippen MR) is 72.0 cm³/mol. The molecule has 1 aliphatic heterocycles. The van der Waals surface area contributed by atoms with Gasteiger partial charge in [0.15, 0.2) is 0 Å². The molecule has 1 unspecified atom stereocenters. The van der Waals surface area contributed by atoms with Crippen molar-refractivity contribution in [3.63, 3.8) is 0 Å². The number of hydrogen-bond donors (Lipinski definition) is 1. The molecule has 0 spiro atoms. The first-order valence-corrected chi connectivity index (χ1v) is 9.70. The van der Waals surface area contributed by atoms with E-state index in [1.165, 1.54) is 0 Å². The molecule has 19 heavy (non-hydrogen) atoms. The van der Waals surface area contributed by atoms with Crippen LogP contribution in [0.4, 0.5) is 0 Å². The summed E-state index contributed by atoms with van der Waals surface area (Å²) >= 11 is -0.823. The molecule has 0 aromatic carbocycles. The summed E-state index contributed by atoms with van der Waals surface area (Å²) in [6.45, 7) is 16.2. The van der Waals surface area contributed by atoms with Crippen LogP contribution in [0.3, 0.4) is 0 Å². The molecule has 1 N–H and O–H groups in total. The molecular formula is C15H26Cl2NTi. The quantitative estimate of drug-likeness (QED) is 0.588. The Morgan fingerprint density at radius 3 is 1.84 bits per heavy atom. The zero-order chi connectivity index (χ0) is 13.0. The number of nitrogens with one attached hydrogen (secondary N) is 1. The summed E-state index contributed by atoms with van der Waals surface area (Å²) in [5.74, 6) is 0. The standard InChI is InChI=1S/C13H22N.C2H4.2ClH.Ti/c1-9-8-13(7,11(3)10(9)2)14-12(4,5)6;1-2;;;/h14H,1-7H3;1-2H2;2*1H;/q;;;;+2/p-2. The predicted octanol–water partition coefficient (Wildman–Crippen LogP) is -1.77. The van der Waals surface area contributed by atoms with Crippen molar-refractivity contribution in [1.29, 1.82) is 0 Å². The summed E-state index contributed by atoms with van der Waals surface area (Å²) in [4.78, 5) is 0. The van der Waals surface area contributed by atoms with Gasteiger partial charge in [0.05, 0.1) is 0 Å². The summed E-state index contributed by atoms with van der Waals surface area (Å²) in [7, 11) is 0.